The second-order valence-corrected chi connectivity index (χ2v) is 5.46. The highest BCUT2D eigenvalue weighted by Crippen LogP contribution is 2.18. The summed E-state index contributed by atoms with van der Waals surface area (Å²) in [5, 5.41) is 22.6. The number of pyridine rings is 1. The van der Waals surface area contributed by atoms with Gasteiger partial charge in [0.1, 0.15) is 12.7 Å². The van der Waals surface area contributed by atoms with E-state index in [1.165, 1.54) is 18.5 Å². The monoisotopic (exact) mass is 344 g/mol. The second kappa shape index (κ2) is 9.51. The van der Waals surface area contributed by atoms with Crippen LogP contribution < -0.4 is 5.32 Å². The minimum Gasteiger partial charge on any atom is -0.445 e. The molecule has 7 heteroatoms. The van der Waals surface area contributed by atoms with Gasteiger partial charge in [0.05, 0.1) is 6.10 Å². The summed E-state index contributed by atoms with van der Waals surface area (Å²) in [6, 6.07) is 10.7. The normalized spacial score (nSPS) is 12.9. The molecule has 0 spiro atoms. The van der Waals surface area contributed by atoms with Gasteiger partial charge < -0.3 is 20.3 Å². The van der Waals surface area contributed by atoms with E-state index in [1.54, 1.807) is 0 Å². The Kier molecular flexibility index (Phi) is 7.06. The summed E-state index contributed by atoms with van der Waals surface area (Å²) in [6.45, 7) is 0.286. The molecule has 1 heterocycles. The van der Waals surface area contributed by atoms with E-state index >= 15 is 0 Å². The van der Waals surface area contributed by atoms with Crippen molar-refractivity contribution < 1.29 is 24.5 Å². The van der Waals surface area contributed by atoms with Gasteiger partial charge in [-0.05, 0) is 18.1 Å². The Bertz CT molecular complexity index is 693. The van der Waals surface area contributed by atoms with Gasteiger partial charge in [0.15, 0.2) is 6.29 Å². The van der Waals surface area contributed by atoms with E-state index < -0.39 is 18.3 Å². The van der Waals surface area contributed by atoms with Crippen molar-refractivity contribution in [3.63, 3.8) is 0 Å². The number of alkyl carbamates (subject to hydrolysis) is 1. The van der Waals surface area contributed by atoms with Crippen molar-refractivity contribution in [1.82, 2.24) is 10.3 Å². The molecule has 132 valence electrons. The van der Waals surface area contributed by atoms with Crippen molar-refractivity contribution >= 4 is 12.4 Å². The third kappa shape index (κ3) is 5.98. The van der Waals surface area contributed by atoms with Crippen molar-refractivity contribution in [2.45, 2.75) is 25.2 Å². The number of hydrogen-bond acceptors (Lipinski definition) is 6. The number of amides is 1. The average molecular weight is 344 g/mol. The van der Waals surface area contributed by atoms with Crippen molar-refractivity contribution in [3.05, 3.63) is 65.5 Å². The fraction of sp³-hybridized carbons (Fsp3) is 0.278. The molecule has 2 aromatic rings. The lowest BCUT2D eigenvalue weighted by atomic mass is 10.0. The van der Waals surface area contributed by atoms with Crippen molar-refractivity contribution in [2.24, 2.45) is 0 Å². The van der Waals surface area contributed by atoms with Gasteiger partial charge in [-0.1, -0.05) is 30.3 Å². The van der Waals surface area contributed by atoms with Crippen LogP contribution in [0.3, 0.4) is 0 Å². The van der Waals surface area contributed by atoms with Gasteiger partial charge in [-0.3, -0.25) is 9.78 Å². The number of ether oxygens (including phenoxy) is 1. The number of hydrogen-bond donors (Lipinski definition) is 3. The molecule has 0 fully saturated rings. The number of rotatable bonds is 8. The number of nitrogens with one attached hydrogen (secondary N) is 1. The average Bonchev–Trinajstić information content (AvgIpc) is 2.66. The SMILES string of the molecule is O=Cc1cncc(C(O)C(O)CCNC(=O)OCc2ccccc2)c1. The Morgan fingerprint density at radius 3 is 2.72 bits per heavy atom. The number of aliphatic hydroxyl groups excluding tert-OH is 2. The van der Waals surface area contributed by atoms with Crippen LogP contribution in [-0.2, 0) is 11.3 Å². The van der Waals surface area contributed by atoms with Gasteiger partial charge >= 0.3 is 6.09 Å². The second-order valence-electron chi connectivity index (χ2n) is 5.46. The molecule has 0 saturated heterocycles. The van der Waals surface area contributed by atoms with Gasteiger partial charge in [0.25, 0.3) is 0 Å². The first-order valence-electron chi connectivity index (χ1n) is 7.81. The van der Waals surface area contributed by atoms with Crippen LogP contribution in [-0.4, -0.2) is 40.2 Å². The lowest BCUT2D eigenvalue weighted by molar-refractivity contribution is 0.0134. The van der Waals surface area contributed by atoms with E-state index in [0.717, 1.165) is 5.56 Å². The van der Waals surface area contributed by atoms with Gasteiger partial charge in [-0.2, -0.15) is 0 Å². The molecule has 7 nitrogen and oxygen atoms in total. The Labute approximate surface area is 145 Å². The number of nitrogens with zero attached hydrogens (tertiary/aromatic N) is 1. The maximum Gasteiger partial charge on any atom is 0.407 e. The van der Waals surface area contributed by atoms with Crippen LogP contribution in [0.25, 0.3) is 0 Å². The summed E-state index contributed by atoms with van der Waals surface area (Å²) in [5.41, 5.74) is 1.52. The van der Waals surface area contributed by atoms with E-state index in [0.29, 0.717) is 17.4 Å². The smallest absolute Gasteiger partial charge is 0.407 e. The molecule has 3 N–H and O–H groups in total. The topological polar surface area (TPSA) is 109 Å². The van der Waals surface area contributed by atoms with Crippen LogP contribution in [0.1, 0.15) is 34.0 Å². The Morgan fingerprint density at radius 2 is 2.00 bits per heavy atom. The summed E-state index contributed by atoms with van der Waals surface area (Å²) in [5.74, 6) is 0. The number of carbonyl (C=O) groups excluding carboxylic acids is 2. The molecule has 0 bridgehead atoms. The molecule has 1 aromatic carbocycles. The Morgan fingerprint density at radius 1 is 1.24 bits per heavy atom. The van der Waals surface area contributed by atoms with Gasteiger partial charge in [-0.25, -0.2) is 4.79 Å². The zero-order valence-electron chi connectivity index (χ0n) is 13.5. The lowest BCUT2D eigenvalue weighted by Gasteiger charge is -2.18. The third-order valence-electron chi connectivity index (χ3n) is 3.54. The lowest BCUT2D eigenvalue weighted by Crippen LogP contribution is -2.29. The highest BCUT2D eigenvalue weighted by atomic mass is 16.5. The number of aromatic nitrogens is 1. The van der Waals surface area contributed by atoms with Crippen LogP contribution in [0.2, 0.25) is 0 Å². The van der Waals surface area contributed by atoms with Crippen LogP contribution in [0.4, 0.5) is 4.79 Å². The largest absolute Gasteiger partial charge is 0.445 e. The molecule has 1 aromatic heterocycles. The van der Waals surface area contributed by atoms with Crippen LogP contribution in [0, 0.1) is 0 Å². The van der Waals surface area contributed by atoms with Crippen LogP contribution in [0.15, 0.2) is 48.8 Å². The predicted octanol–water partition coefficient (Wildman–Crippen LogP) is 1.60. The summed E-state index contributed by atoms with van der Waals surface area (Å²) in [4.78, 5) is 26.1. The molecule has 0 aliphatic heterocycles. The quantitative estimate of drug-likeness (QED) is 0.628. The molecule has 0 radical (unpaired) electrons. The molecule has 0 aliphatic carbocycles. The summed E-state index contributed by atoms with van der Waals surface area (Å²) < 4.78 is 5.04. The van der Waals surface area contributed by atoms with Crippen LogP contribution in [0.5, 0.6) is 0 Å². The first-order valence-corrected chi connectivity index (χ1v) is 7.81. The van der Waals surface area contributed by atoms with Crippen molar-refractivity contribution in [2.75, 3.05) is 6.54 Å². The molecule has 2 rings (SSSR count). The molecule has 1 amide bonds. The van der Waals surface area contributed by atoms with E-state index in [1.807, 2.05) is 30.3 Å². The maximum atomic E-state index is 11.6. The fourth-order valence-corrected chi connectivity index (χ4v) is 2.18. The highest BCUT2D eigenvalue weighted by molar-refractivity contribution is 5.74. The Hall–Kier alpha value is -2.77. The van der Waals surface area contributed by atoms with Gasteiger partial charge in [-0.15, -0.1) is 0 Å². The predicted molar refractivity (Wildman–Crippen MR) is 89.8 cm³/mol. The molecular formula is C18H20N2O5. The number of aldehydes is 1. The molecule has 0 saturated carbocycles. The summed E-state index contributed by atoms with van der Waals surface area (Å²) in [6.07, 6.45) is 0.553. The fourth-order valence-electron chi connectivity index (χ4n) is 2.18. The molecule has 25 heavy (non-hydrogen) atoms. The van der Waals surface area contributed by atoms with Crippen molar-refractivity contribution in [1.29, 1.82) is 0 Å². The number of aliphatic hydroxyl groups is 2. The third-order valence-corrected chi connectivity index (χ3v) is 3.54. The first-order chi connectivity index (χ1) is 12.1. The van der Waals surface area contributed by atoms with Crippen LogP contribution >= 0.6 is 0 Å². The minimum absolute atomic E-state index is 0.118. The maximum absolute atomic E-state index is 11.6. The zero-order valence-corrected chi connectivity index (χ0v) is 13.5. The number of benzene rings is 1. The molecule has 0 aliphatic rings. The van der Waals surface area contributed by atoms with Crippen molar-refractivity contribution in [3.8, 4) is 0 Å². The minimum atomic E-state index is -1.20. The first kappa shape index (κ1) is 18.6. The molecular weight excluding hydrogens is 324 g/mol. The van der Waals surface area contributed by atoms with E-state index in [-0.39, 0.29) is 19.6 Å². The van der Waals surface area contributed by atoms with E-state index in [4.69, 9.17) is 4.74 Å². The molecule has 2 atom stereocenters. The highest BCUT2D eigenvalue weighted by Gasteiger charge is 2.19. The molecule has 2 unspecified atom stereocenters. The number of carbonyl (C=O) groups is 2. The van der Waals surface area contributed by atoms with E-state index in [2.05, 4.69) is 10.3 Å². The Balaban J connectivity index is 1.72. The standard InChI is InChI=1S/C18H20N2O5/c21-11-14-8-15(10-19-9-14)17(23)16(22)6-7-20-18(24)25-12-13-4-2-1-3-5-13/h1-5,8-11,16-17,22-23H,6-7,12H2,(H,20,24). The van der Waals surface area contributed by atoms with Gasteiger partial charge in [0.2, 0.25) is 0 Å². The van der Waals surface area contributed by atoms with E-state index in [9.17, 15) is 19.8 Å². The summed E-state index contributed by atoms with van der Waals surface area (Å²) >= 11 is 0. The van der Waals surface area contributed by atoms with Gasteiger partial charge in [0, 0.05) is 30.1 Å². The summed E-state index contributed by atoms with van der Waals surface area (Å²) in [7, 11) is 0. The zero-order chi connectivity index (χ0) is 18.1.